The molecule has 2 aromatic rings. The number of primary sulfonamides is 1. The molecule has 1 amide bonds. The highest BCUT2D eigenvalue weighted by Gasteiger charge is 2.30. The maximum Gasteiger partial charge on any atom is 0.245 e. The Morgan fingerprint density at radius 3 is 2.54 bits per heavy atom. The molecule has 0 radical (unpaired) electrons. The van der Waals surface area contributed by atoms with Gasteiger partial charge in [-0.1, -0.05) is 24.3 Å². The number of anilines is 1. The van der Waals surface area contributed by atoms with Gasteiger partial charge in [0.15, 0.2) is 0 Å². The van der Waals surface area contributed by atoms with Crippen LogP contribution in [0.1, 0.15) is 17.5 Å². The van der Waals surface area contributed by atoms with Gasteiger partial charge in [0.2, 0.25) is 15.9 Å². The zero-order chi connectivity index (χ0) is 17.3. The summed E-state index contributed by atoms with van der Waals surface area (Å²) in [6, 6.07) is 9.69. The normalized spacial score (nSPS) is 18.2. The third-order valence-corrected chi connectivity index (χ3v) is 5.02. The summed E-state index contributed by atoms with van der Waals surface area (Å²) in [5.74, 6) is 0.422. The number of nitrogens with zero attached hydrogens (tertiary/aromatic N) is 2. The van der Waals surface area contributed by atoms with Crippen molar-refractivity contribution in [2.45, 2.75) is 23.8 Å². The van der Waals surface area contributed by atoms with Gasteiger partial charge in [-0.05, 0) is 29.7 Å². The Balaban J connectivity index is 1.82. The molecule has 7 nitrogen and oxygen atoms in total. The van der Waals surface area contributed by atoms with E-state index in [9.17, 15) is 13.2 Å². The number of pyridine rings is 1. The summed E-state index contributed by atoms with van der Waals surface area (Å²) < 4.78 is 23.3. The van der Waals surface area contributed by atoms with Gasteiger partial charge >= 0.3 is 0 Å². The lowest BCUT2D eigenvalue weighted by Crippen LogP contribution is -2.34. The lowest BCUT2D eigenvalue weighted by atomic mass is 10.1. The van der Waals surface area contributed by atoms with E-state index in [0.717, 1.165) is 5.56 Å². The highest BCUT2D eigenvalue weighted by atomic mass is 32.2. The van der Waals surface area contributed by atoms with Crippen molar-refractivity contribution >= 4 is 21.7 Å². The van der Waals surface area contributed by atoms with Gasteiger partial charge in [0.05, 0.1) is 10.9 Å². The quantitative estimate of drug-likeness (QED) is 0.829. The van der Waals surface area contributed by atoms with E-state index < -0.39 is 16.1 Å². The van der Waals surface area contributed by atoms with Crippen molar-refractivity contribution in [2.75, 3.05) is 11.4 Å². The van der Waals surface area contributed by atoms with Crippen LogP contribution in [0.2, 0.25) is 0 Å². The fourth-order valence-electron chi connectivity index (χ4n) is 2.76. The molecule has 0 saturated carbocycles. The summed E-state index contributed by atoms with van der Waals surface area (Å²) in [4.78, 5) is 17.9. The number of carbonyl (C=O) groups excluding carboxylic acids is 1. The van der Waals surface area contributed by atoms with Gasteiger partial charge in [-0.15, -0.1) is 0 Å². The van der Waals surface area contributed by atoms with Gasteiger partial charge in [-0.2, -0.15) is 0 Å². The standard InChI is InChI=1S/C16H18N4O3S/c17-13-7-8-20(16(13)21)15-6-5-11(10-19-15)9-12-3-1-2-4-14(12)24(18,22)23/h1-6,10,13H,7-9,17H2,(H2,18,22,23). The van der Waals surface area contributed by atoms with Crippen molar-refractivity contribution in [3.05, 3.63) is 53.7 Å². The first kappa shape index (κ1) is 16.6. The van der Waals surface area contributed by atoms with Crippen LogP contribution in [-0.4, -0.2) is 31.9 Å². The van der Waals surface area contributed by atoms with E-state index in [2.05, 4.69) is 4.98 Å². The number of rotatable bonds is 4. The highest BCUT2D eigenvalue weighted by Crippen LogP contribution is 2.21. The molecule has 0 aliphatic carbocycles. The number of hydrogen-bond donors (Lipinski definition) is 2. The molecule has 1 aliphatic rings. The molecule has 1 fully saturated rings. The molecule has 1 unspecified atom stereocenters. The topological polar surface area (TPSA) is 119 Å². The van der Waals surface area contributed by atoms with Crippen LogP contribution in [0, 0.1) is 0 Å². The third-order valence-electron chi connectivity index (χ3n) is 4.01. The molecule has 0 bridgehead atoms. The molecule has 1 aromatic heterocycles. The Morgan fingerprint density at radius 2 is 1.96 bits per heavy atom. The van der Waals surface area contributed by atoms with Gasteiger partial charge in [-0.25, -0.2) is 18.5 Å². The summed E-state index contributed by atoms with van der Waals surface area (Å²) in [7, 11) is -3.78. The zero-order valence-electron chi connectivity index (χ0n) is 12.9. The monoisotopic (exact) mass is 346 g/mol. The molecule has 1 saturated heterocycles. The second kappa shape index (κ2) is 6.31. The number of aromatic nitrogens is 1. The fourth-order valence-corrected chi connectivity index (χ4v) is 3.53. The second-order valence-corrected chi connectivity index (χ2v) is 7.27. The molecule has 4 N–H and O–H groups in total. The fraction of sp³-hybridized carbons (Fsp3) is 0.250. The number of amides is 1. The van der Waals surface area contributed by atoms with Gasteiger partial charge in [-0.3, -0.25) is 9.69 Å². The van der Waals surface area contributed by atoms with Crippen LogP contribution in [0.25, 0.3) is 0 Å². The molecule has 1 aromatic carbocycles. The largest absolute Gasteiger partial charge is 0.320 e. The Bertz CT molecular complexity index is 865. The Labute approximate surface area is 140 Å². The lowest BCUT2D eigenvalue weighted by molar-refractivity contribution is -0.118. The van der Waals surface area contributed by atoms with Crippen LogP contribution in [-0.2, 0) is 21.2 Å². The van der Waals surface area contributed by atoms with Gasteiger partial charge in [0, 0.05) is 19.2 Å². The summed E-state index contributed by atoms with van der Waals surface area (Å²) in [5, 5.41) is 5.25. The van der Waals surface area contributed by atoms with Crippen molar-refractivity contribution < 1.29 is 13.2 Å². The number of benzene rings is 1. The molecule has 126 valence electrons. The van der Waals surface area contributed by atoms with E-state index in [1.54, 1.807) is 35.4 Å². The Kier molecular flexibility index (Phi) is 4.35. The average Bonchev–Trinajstić information content (AvgIpc) is 2.87. The van der Waals surface area contributed by atoms with Gasteiger partial charge < -0.3 is 5.73 Å². The van der Waals surface area contributed by atoms with Crippen LogP contribution in [0.3, 0.4) is 0 Å². The first-order valence-corrected chi connectivity index (χ1v) is 9.03. The zero-order valence-corrected chi connectivity index (χ0v) is 13.7. The molecule has 24 heavy (non-hydrogen) atoms. The summed E-state index contributed by atoms with van der Waals surface area (Å²) in [6.07, 6.45) is 2.63. The molecule has 2 heterocycles. The van der Waals surface area contributed by atoms with Crippen molar-refractivity contribution in [1.82, 2.24) is 4.98 Å². The molecular weight excluding hydrogens is 328 g/mol. The molecule has 1 aliphatic heterocycles. The maximum atomic E-state index is 11.9. The summed E-state index contributed by atoms with van der Waals surface area (Å²) in [5.41, 5.74) is 7.14. The predicted molar refractivity (Wildman–Crippen MR) is 89.8 cm³/mol. The third kappa shape index (κ3) is 3.30. The molecule has 3 rings (SSSR count). The van der Waals surface area contributed by atoms with Gasteiger partial charge in [0.1, 0.15) is 5.82 Å². The second-order valence-electron chi connectivity index (χ2n) is 5.74. The van der Waals surface area contributed by atoms with E-state index in [1.807, 2.05) is 6.07 Å². The smallest absolute Gasteiger partial charge is 0.245 e. The minimum atomic E-state index is -3.78. The summed E-state index contributed by atoms with van der Waals surface area (Å²) >= 11 is 0. The minimum absolute atomic E-state index is 0.106. The van der Waals surface area contributed by atoms with Crippen LogP contribution in [0.4, 0.5) is 5.82 Å². The van der Waals surface area contributed by atoms with E-state index in [-0.39, 0.29) is 10.8 Å². The van der Waals surface area contributed by atoms with Crippen LogP contribution >= 0.6 is 0 Å². The molecule has 8 heteroatoms. The minimum Gasteiger partial charge on any atom is -0.320 e. The van der Waals surface area contributed by atoms with E-state index in [4.69, 9.17) is 10.9 Å². The first-order valence-electron chi connectivity index (χ1n) is 7.49. The van der Waals surface area contributed by atoms with Crippen molar-refractivity contribution in [3.63, 3.8) is 0 Å². The average molecular weight is 346 g/mol. The van der Waals surface area contributed by atoms with Gasteiger partial charge in [0.25, 0.3) is 0 Å². The Morgan fingerprint density at radius 1 is 1.21 bits per heavy atom. The number of hydrogen-bond acceptors (Lipinski definition) is 5. The molecular formula is C16H18N4O3S. The van der Waals surface area contributed by atoms with Crippen LogP contribution in [0.5, 0.6) is 0 Å². The highest BCUT2D eigenvalue weighted by molar-refractivity contribution is 7.89. The molecule has 1 atom stereocenters. The predicted octanol–water partition coefficient (Wildman–Crippen LogP) is 0.384. The van der Waals surface area contributed by atoms with E-state index in [1.165, 1.54) is 6.07 Å². The van der Waals surface area contributed by atoms with E-state index >= 15 is 0 Å². The van der Waals surface area contributed by atoms with E-state index in [0.29, 0.717) is 30.8 Å². The summed E-state index contributed by atoms with van der Waals surface area (Å²) in [6.45, 7) is 0.556. The van der Waals surface area contributed by atoms with Crippen LogP contribution < -0.4 is 15.8 Å². The van der Waals surface area contributed by atoms with Crippen molar-refractivity contribution in [2.24, 2.45) is 10.9 Å². The number of sulfonamides is 1. The van der Waals surface area contributed by atoms with Crippen LogP contribution in [0.15, 0.2) is 47.5 Å². The molecule has 0 spiro atoms. The number of carbonyl (C=O) groups is 1. The number of nitrogens with two attached hydrogens (primary N) is 2. The SMILES string of the molecule is NC1CCN(c2ccc(Cc3ccccc3S(N)(=O)=O)cn2)C1=O. The maximum absolute atomic E-state index is 11.9. The Hall–Kier alpha value is -2.29. The van der Waals surface area contributed by atoms with Crippen molar-refractivity contribution in [3.8, 4) is 0 Å². The lowest BCUT2D eigenvalue weighted by Gasteiger charge is -2.15. The van der Waals surface area contributed by atoms with Crippen molar-refractivity contribution in [1.29, 1.82) is 0 Å². The first-order chi connectivity index (χ1) is 11.4.